The molecule has 7 nitrogen and oxygen atoms in total. The molecule has 11 heteroatoms. The molecule has 2 aromatic rings. The van der Waals surface area contributed by atoms with Crippen molar-refractivity contribution in [1.29, 1.82) is 0 Å². The highest BCUT2D eigenvalue weighted by molar-refractivity contribution is 7.98. The number of ether oxygens (including phenoxy) is 1. The maximum atomic E-state index is 14.1. The Kier molecular flexibility index (Phi) is 8.64. The summed E-state index contributed by atoms with van der Waals surface area (Å²) < 4.78 is 24.9. The Labute approximate surface area is 183 Å². The maximum Gasteiger partial charge on any atom is 0.191 e. The molecule has 0 amide bonds. The van der Waals surface area contributed by atoms with E-state index in [1.807, 2.05) is 6.92 Å². The van der Waals surface area contributed by atoms with E-state index in [2.05, 4.69) is 24.3 Å². The molecule has 0 spiro atoms. The molecular formula is C18H23ClFN5O2S2. The number of aliphatic hydroxyl groups is 1. The average Bonchev–Trinajstić information content (AvgIpc) is 2.74. The molecule has 1 aromatic heterocycles. The van der Waals surface area contributed by atoms with Crippen molar-refractivity contribution < 1.29 is 14.2 Å². The highest BCUT2D eigenvalue weighted by Crippen LogP contribution is 2.27. The zero-order valence-electron chi connectivity index (χ0n) is 15.9. The Morgan fingerprint density at radius 2 is 2.07 bits per heavy atom. The summed E-state index contributed by atoms with van der Waals surface area (Å²) in [6.45, 7) is 4.88. The minimum Gasteiger partial charge on any atom is -0.394 e. The van der Waals surface area contributed by atoms with Gasteiger partial charge in [-0.3, -0.25) is 0 Å². The summed E-state index contributed by atoms with van der Waals surface area (Å²) in [6.07, 6.45) is 0. The molecule has 0 radical (unpaired) electrons. The molecule has 3 N–H and O–H groups in total. The van der Waals surface area contributed by atoms with Crippen molar-refractivity contribution in [3.05, 3.63) is 40.7 Å². The fourth-order valence-corrected chi connectivity index (χ4v) is 4.15. The van der Waals surface area contributed by atoms with E-state index in [1.165, 1.54) is 30.0 Å². The van der Waals surface area contributed by atoms with Gasteiger partial charge < -0.3 is 19.9 Å². The smallest absolute Gasteiger partial charge is 0.191 e. The third kappa shape index (κ3) is 6.87. The molecule has 0 bridgehead atoms. The fraction of sp³-hybridized carbons (Fsp3) is 0.444. The van der Waals surface area contributed by atoms with E-state index in [-0.39, 0.29) is 17.7 Å². The quantitative estimate of drug-likeness (QED) is 0.295. The van der Waals surface area contributed by atoms with Crippen LogP contribution in [0.25, 0.3) is 0 Å². The van der Waals surface area contributed by atoms with Gasteiger partial charge in [-0.2, -0.15) is 0 Å². The van der Waals surface area contributed by atoms with Crippen molar-refractivity contribution >= 4 is 47.1 Å². The van der Waals surface area contributed by atoms with Gasteiger partial charge in [-0.05, 0) is 18.6 Å². The summed E-state index contributed by atoms with van der Waals surface area (Å²) in [4.78, 5) is 9.00. The van der Waals surface area contributed by atoms with Gasteiger partial charge in [0.25, 0.3) is 0 Å². The second-order valence-electron chi connectivity index (χ2n) is 6.39. The molecule has 1 fully saturated rings. The van der Waals surface area contributed by atoms with Crippen molar-refractivity contribution in [2.24, 2.45) is 0 Å². The molecule has 1 aliphatic heterocycles. The minimum atomic E-state index is -0.425. The van der Waals surface area contributed by atoms with Crippen LogP contribution in [0.4, 0.5) is 16.0 Å². The lowest BCUT2D eigenvalue weighted by molar-refractivity contribution is 0.0775. The number of hydrogen-bond acceptors (Lipinski definition) is 9. The van der Waals surface area contributed by atoms with Crippen LogP contribution in [0.3, 0.4) is 0 Å². The van der Waals surface area contributed by atoms with Crippen LogP contribution >= 0.6 is 35.5 Å². The molecule has 3 rings (SSSR count). The number of aromatic nitrogens is 2. The molecular weight excluding hydrogens is 437 g/mol. The predicted octanol–water partition coefficient (Wildman–Crippen LogP) is 3.66. The first-order chi connectivity index (χ1) is 14.0. The molecule has 158 valence electrons. The fourth-order valence-electron chi connectivity index (χ4n) is 2.47. The van der Waals surface area contributed by atoms with Gasteiger partial charge in [0.2, 0.25) is 0 Å². The first-order valence-corrected chi connectivity index (χ1v) is 11.3. The van der Waals surface area contributed by atoms with Crippen LogP contribution in [-0.4, -0.2) is 58.3 Å². The lowest BCUT2D eigenvalue weighted by Gasteiger charge is -2.25. The highest BCUT2D eigenvalue weighted by atomic mass is 35.5. The predicted molar refractivity (Wildman–Crippen MR) is 117 cm³/mol. The van der Waals surface area contributed by atoms with Gasteiger partial charge in [0.1, 0.15) is 17.5 Å². The second kappa shape index (κ2) is 11.2. The minimum absolute atomic E-state index is 0.0223. The van der Waals surface area contributed by atoms with Crippen LogP contribution in [0, 0.1) is 5.82 Å². The maximum absolute atomic E-state index is 14.1. The lowest BCUT2D eigenvalue weighted by atomic mass is 10.2. The summed E-state index contributed by atoms with van der Waals surface area (Å²) in [7, 11) is 0. The number of thioether (sulfide) groups is 1. The third-order valence-corrected chi connectivity index (χ3v) is 6.12. The van der Waals surface area contributed by atoms with Crippen molar-refractivity contribution in [3.63, 3.8) is 0 Å². The Hall–Kier alpha value is -1.30. The van der Waals surface area contributed by atoms with Crippen LogP contribution in [0.5, 0.6) is 0 Å². The number of hydrogen-bond donors (Lipinski definition) is 3. The van der Waals surface area contributed by atoms with Crippen LogP contribution in [0.15, 0.2) is 29.4 Å². The van der Waals surface area contributed by atoms with Gasteiger partial charge in [0.15, 0.2) is 5.16 Å². The van der Waals surface area contributed by atoms with Crippen molar-refractivity contribution in [1.82, 2.24) is 14.3 Å². The van der Waals surface area contributed by atoms with Crippen molar-refractivity contribution in [2.45, 2.75) is 23.9 Å². The van der Waals surface area contributed by atoms with Gasteiger partial charge >= 0.3 is 0 Å². The number of halogens is 2. The number of aliphatic hydroxyl groups excluding tert-OH is 1. The Morgan fingerprint density at radius 3 is 2.83 bits per heavy atom. The van der Waals surface area contributed by atoms with E-state index < -0.39 is 5.82 Å². The standard InChI is InChI=1S/C18H23ClFN5O2S2/c1-12(10-26)21-15-9-16(24-29-25-5-7-27-8-6-25)23-18(22-15)28-11-13-3-2-4-14(19)17(13)20/h2-4,9,12,26H,5-8,10-11H2,1H3,(H2,21,22,23,24)/t12-/m1/s1. The molecule has 0 aliphatic carbocycles. The van der Waals surface area contributed by atoms with Crippen LogP contribution in [-0.2, 0) is 10.5 Å². The molecule has 2 heterocycles. The normalized spacial score (nSPS) is 15.9. The second-order valence-corrected chi connectivity index (χ2v) is 8.64. The summed E-state index contributed by atoms with van der Waals surface area (Å²) in [5, 5.41) is 13.0. The summed E-state index contributed by atoms with van der Waals surface area (Å²) >= 11 is 8.63. The summed E-state index contributed by atoms with van der Waals surface area (Å²) in [6, 6.07) is 6.55. The molecule has 1 atom stereocenters. The lowest BCUT2D eigenvalue weighted by Crippen LogP contribution is -2.32. The number of rotatable bonds is 9. The van der Waals surface area contributed by atoms with E-state index in [0.717, 1.165) is 13.1 Å². The van der Waals surface area contributed by atoms with Gasteiger partial charge in [-0.25, -0.2) is 18.7 Å². The number of nitrogens with one attached hydrogen (secondary N) is 2. The topological polar surface area (TPSA) is 82.5 Å². The van der Waals surface area contributed by atoms with Gasteiger partial charge in [0.05, 0.1) is 24.8 Å². The largest absolute Gasteiger partial charge is 0.394 e. The molecule has 0 saturated carbocycles. The van der Waals surface area contributed by atoms with E-state index in [9.17, 15) is 9.50 Å². The molecule has 1 saturated heterocycles. The summed E-state index contributed by atoms with van der Waals surface area (Å²) in [5.41, 5.74) is 0.491. The Morgan fingerprint density at radius 1 is 1.31 bits per heavy atom. The van der Waals surface area contributed by atoms with E-state index in [1.54, 1.807) is 18.2 Å². The SMILES string of the molecule is C[C@H](CO)Nc1cc(NSN2CCOCC2)nc(SCc2cccc(Cl)c2F)n1. The van der Waals surface area contributed by atoms with E-state index >= 15 is 0 Å². The van der Waals surface area contributed by atoms with Crippen molar-refractivity contribution in [3.8, 4) is 0 Å². The van der Waals surface area contributed by atoms with Crippen LogP contribution in [0.2, 0.25) is 5.02 Å². The number of morpholine rings is 1. The van der Waals surface area contributed by atoms with Crippen LogP contribution in [0.1, 0.15) is 12.5 Å². The average molecular weight is 460 g/mol. The number of nitrogens with zero attached hydrogens (tertiary/aromatic N) is 3. The van der Waals surface area contributed by atoms with Gasteiger partial charge in [0, 0.05) is 43.1 Å². The Balaban J connectivity index is 1.71. The first kappa shape index (κ1) is 22.4. The Bertz CT molecular complexity index is 814. The first-order valence-electron chi connectivity index (χ1n) is 9.13. The number of anilines is 2. The highest BCUT2D eigenvalue weighted by Gasteiger charge is 2.14. The van der Waals surface area contributed by atoms with Gasteiger partial charge in [-0.15, -0.1) is 0 Å². The molecule has 29 heavy (non-hydrogen) atoms. The monoisotopic (exact) mass is 459 g/mol. The van der Waals surface area contributed by atoms with Crippen LogP contribution < -0.4 is 10.0 Å². The summed E-state index contributed by atoms with van der Waals surface area (Å²) in [5.74, 6) is 1.13. The van der Waals surface area contributed by atoms with Gasteiger partial charge in [-0.1, -0.05) is 35.5 Å². The third-order valence-electron chi connectivity index (χ3n) is 4.01. The molecule has 1 aliphatic rings. The molecule has 0 unspecified atom stereocenters. The zero-order chi connectivity index (χ0) is 20.6. The number of benzene rings is 1. The van der Waals surface area contributed by atoms with E-state index in [0.29, 0.717) is 41.3 Å². The van der Waals surface area contributed by atoms with Crippen molar-refractivity contribution in [2.75, 3.05) is 42.9 Å². The molecule has 1 aromatic carbocycles. The van der Waals surface area contributed by atoms with E-state index in [4.69, 9.17) is 16.3 Å². The zero-order valence-corrected chi connectivity index (χ0v) is 18.3.